The van der Waals surface area contributed by atoms with Gasteiger partial charge in [0, 0.05) is 5.56 Å². The smallest absolute Gasteiger partial charge is 0.306 e. The van der Waals surface area contributed by atoms with E-state index in [1.807, 2.05) is 24.3 Å². The Morgan fingerprint density at radius 2 is 1.81 bits per heavy atom. The van der Waals surface area contributed by atoms with Gasteiger partial charge in [-0.15, -0.1) is 0 Å². The van der Waals surface area contributed by atoms with Gasteiger partial charge in [0.15, 0.2) is 0 Å². The molecule has 2 aliphatic carbocycles. The van der Waals surface area contributed by atoms with E-state index in [1.165, 1.54) is 11.6 Å². The summed E-state index contributed by atoms with van der Waals surface area (Å²) in [5.74, 6) is 0.294. The van der Waals surface area contributed by atoms with Gasteiger partial charge in [-0.3, -0.25) is 4.79 Å². The van der Waals surface area contributed by atoms with Gasteiger partial charge in [0.1, 0.15) is 23.9 Å². The van der Waals surface area contributed by atoms with Crippen LogP contribution in [-0.2, 0) is 17.8 Å². The molecule has 4 nitrogen and oxygen atoms in total. The Hall–Kier alpha value is -3.34. The number of carbonyl (C=O) groups is 1. The summed E-state index contributed by atoms with van der Waals surface area (Å²) < 4.78 is 26.5. The van der Waals surface area contributed by atoms with Gasteiger partial charge in [0.25, 0.3) is 0 Å². The Morgan fingerprint density at radius 3 is 2.49 bits per heavy atom. The Labute approximate surface area is 218 Å². The summed E-state index contributed by atoms with van der Waals surface area (Å²) in [6, 6.07) is 17.1. The second kappa shape index (κ2) is 9.85. The third kappa shape index (κ3) is 4.84. The third-order valence-corrected chi connectivity index (χ3v) is 8.62. The molecule has 2 aliphatic rings. The molecule has 5 heteroatoms. The van der Waals surface area contributed by atoms with E-state index in [0.717, 1.165) is 53.7 Å². The van der Waals surface area contributed by atoms with Crippen LogP contribution in [0.5, 0.6) is 11.5 Å². The first kappa shape index (κ1) is 25.3. The molecule has 1 saturated carbocycles. The molecule has 5 rings (SSSR count). The second-order valence-corrected chi connectivity index (χ2v) is 11.3. The van der Waals surface area contributed by atoms with Crippen molar-refractivity contribution >= 4 is 5.97 Å². The quantitative estimate of drug-likeness (QED) is 0.342. The van der Waals surface area contributed by atoms with Gasteiger partial charge in [-0.2, -0.15) is 0 Å². The zero-order valence-corrected chi connectivity index (χ0v) is 22.0. The lowest BCUT2D eigenvalue weighted by molar-refractivity contribution is -0.141. The number of halogens is 1. The Morgan fingerprint density at radius 1 is 1.03 bits per heavy atom. The fraction of sp³-hybridized carbons (Fsp3) is 0.406. The molecule has 1 unspecified atom stereocenters. The van der Waals surface area contributed by atoms with E-state index in [9.17, 15) is 14.3 Å². The van der Waals surface area contributed by atoms with E-state index in [4.69, 9.17) is 9.47 Å². The number of ether oxygens (including phenoxy) is 2. The minimum Gasteiger partial charge on any atom is -0.497 e. The molecule has 0 radical (unpaired) electrons. The molecule has 0 heterocycles. The number of rotatable bonds is 8. The monoisotopic (exact) mass is 502 g/mol. The average molecular weight is 503 g/mol. The minimum absolute atomic E-state index is 0.0144. The Kier molecular flexibility index (Phi) is 6.74. The van der Waals surface area contributed by atoms with Crippen molar-refractivity contribution in [3.05, 3.63) is 82.7 Å². The van der Waals surface area contributed by atoms with Crippen LogP contribution >= 0.6 is 0 Å². The highest BCUT2D eigenvalue weighted by molar-refractivity contribution is 5.72. The van der Waals surface area contributed by atoms with Crippen molar-refractivity contribution in [3.63, 3.8) is 0 Å². The van der Waals surface area contributed by atoms with Gasteiger partial charge < -0.3 is 14.6 Å². The predicted octanol–water partition coefficient (Wildman–Crippen LogP) is 7.73. The molecule has 0 spiro atoms. The van der Waals surface area contributed by atoms with Crippen LogP contribution in [-0.4, -0.2) is 18.2 Å². The zero-order valence-electron chi connectivity index (χ0n) is 22.0. The molecule has 1 fully saturated rings. The molecular weight excluding hydrogens is 467 g/mol. The fourth-order valence-corrected chi connectivity index (χ4v) is 6.08. The van der Waals surface area contributed by atoms with E-state index in [0.29, 0.717) is 23.8 Å². The molecule has 0 amide bonds. The largest absolute Gasteiger partial charge is 0.497 e. The predicted molar refractivity (Wildman–Crippen MR) is 143 cm³/mol. The van der Waals surface area contributed by atoms with Crippen LogP contribution in [0.4, 0.5) is 4.39 Å². The molecule has 0 aliphatic heterocycles. The first-order valence-electron chi connectivity index (χ1n) is 13.1. The number of aryl methyl sites for hydroxylation is 1. The molecule has 0 aromatic heterocycles. The fourth-order valence-electron chi connectivity index (χ4n) is 6.08. The third-order valence-electron chi connectivity index (χ3n) is 8.62. The molecule has 1 N–H and O–H groups in total. The van der Waals surface area contributed by atoms with Gasteiger partial charge in [-0.1, -0.05) is 45.0 Å². The zero-order chi connectivity index (χ0) is 26.3. The summed E-state index contributed by atoms with van der Waals surface area (Å²) in [4.78, 5) is 11.6. The number of carboxylic acid groups (broad SMARTS) is 1. The van der Waals surface area contributed by atoms with Crippen LogP contribution in [0.2, 0.25) is 0 Å². The molecule has 37 heavy (non-hydrogen) atoms. The maximum Gasteiger partial charge on any atom is 0.306 e. The van der Waals surface area contributed by atoms with Crippen LogP contribution in [0, 0.1) is 17.2 Å². The van der Waals surface area contributed by atoms with Crippen molar-refractivity contribution < 1.29 is 23.8 Å². The van der Waals surface area contributed by atoms with Crippen LogP contribution in [0.1, 0.15) is 74.1 Å². The molecule has 0 bridgehead atoms. The Balaban J connectivity index is 1.43. The summed E-state index contributed by atoms with van der Waals surface area (Å²) in [5.41, 5.74) is 6.09. The lowest BCUT2D eigenvalue weighted by atomic mass is 9.59. The molecule has 3 aromatic carbocycles. The number of hydrogen-bond acceptors (Lipinski definition) is 3. The van der Waals surface area contributed by atoms with Crippen molar-refractivity contribution in [2.45, 2.75) is 64.9 Å². The molecule has 3 atom stereocenters. The van der Waals surface area contributed by atoms with Gasteiger partial charge in [-0.05, 0) is 101 Å². The molecule has 3 aromatic rings. The standard InChI is InChI=1S/C32H35FO4/c1-19(31(34)35)24-11-7-21-6-8-23(17-26(21)24)37-18-20-5-10-25(27(15-20)29-13-14-32(29,2)3)28-16-22(36-4)9-12-30(28)33/h5-6,8-10,12,15-17,19,24,29H,7,11,13-14,18H2,1-4H3,(H,34,35)/t19-,24+,29?/m0/s1. The molecule has 0 saturated heterocycles. The van der Waals surface area contributed by atoms with Crippen LogP contribution in [0.25, 0.3) is 11.1 Å². The first-order valence-corrected chi connectivity index (χ1v) is 13.1. The van der Waals surface area contributed by atoms with E-state index < -0.39 is 11.9 Å². The van der Waals surface area contributed by atoms with Crippen LogP contribution < -0.4 is 9.47 Å². The first-order chi connectivity index (χ1) is 17.7. The van der Waals surface area contributed by atoms with Gasteiger partial charge in [0.05, 0.1) is 13.0 Å². The maximum absolute atomic E-state index is 14.9. The second-order valence-electron chi connectivity index (χ2n) is 11.3. The van der Waals surface area contributed by atoms with Crippen molar-refractivity contribution in [1.82, 2.24) is 0 Å². The SMILES string of the molecule is COc1ccc(F)c(-c2ccc(COc3ccc4c(c3)[C@@H]([C@H](C)C(=O)O)CC4)cc2C2CCC2(C)C)c1. The maximum atomic E-state index is 14.9. The number of aliphatic carboxylic acids is 1. The highest BCUT2D eigenvalue weighted by atomic mass is 19.1. The lowest BCUT2D eigenvalue weighted by Gasteiger charge is -2.46. The summed E-state index contributed by atoms with van der Waals surface area (Å²) in [7, 11) is 1.59. The van der Waals surface area contributed by atoms with Crippen molar-refractivity contribution in [3.8, 4) is 22.6 Å². The van der Waals surface area contributed by atoms with E-state index in [1.54, 1.807) is 26.2 Å². The summed E-state index contributed by atoms with van der Waals surface area (Å²) >= 11 is 0. The van der Waals surface area contributed by atoms with Gasteiger partial charge >= 0.3 is 5.97 Å². The van der Waals surface area contributed by atoms with Crippen molar-refractivity contribution in [1.29, 1.82) is 0 Å². The topological polar surface area (TPSA) is 55.8 Å². The lowest BCUT2D eigenvalue weighted by Crippen LogP contribution is -2.32. The Bertz CT molecular complexity index is 1330. The number of fused-ring (bicyclic) bond motifs is 1. The van der Waals surface area contributed by atoms with E-state index in [-0.39, 0.29) is 17.2 Å². The normalized spacial score (nSPS) is 20.6. The van der Waals surface area contributed by atoms with E-state index >= 15 is 0 Å². The highest BCUT2D eigenvalue weighted by Crippen LogP contribution is 2.54. The van der Waals surface area contributed by atoms with E-state index in [2.05, 4.69) is 26.0 Å². The van der Waals surface area contributed by atoms with Crippen molar-refractivity contribution in [2.75, 3.05) is 7.11 Å². The number of carboxylic acids is 1. The number of methoxy groups -OCH3 is 1. The summed E-state index contributed by atoms with van der Waals surface area (Å²) in [6.07, 6.45) is 3.98. The summed E-state index contributed by atoms with van der Waals surface area (Å²) in [6.45, 7) is 6.72. The highest BCUT2D eigenvalue weighted by Gasteiger charge is 2.40. The molecule has 194 valence electrons. The van der Waals surface area contributed by atoms with Crippen LogP contribution in [0.15, 0.2) is 54.6 Å². The minimum atomic E-state index is -0.761. The number of benzene rings is 3. The van der Waals surface area contributed by atoms with Gasteiger partial charge in [0.2, 0.25) is 0 Å². The van der Waals surface area contributed by atoms with Crippen molar-refractivity contribution in [2.24, 2.45) is 11.3 Å². The summed E-state index contributed by atoms with van der Waals surface area (Å²) in [5, 5.41) is 9.51. The average Bonchev–Trinajstić information content (AvgIpc) is 3.30. The van der Waals surface area contributed by atoms with Gasteiger partial charge in [-0.25, -0.2) is 4.39 Å². The van der Waals surface area contributed by atoms with Crippen LogP contribution in [0.3, 0.4) is 0 Å². The molecular formula is C32H35FO4. The number of hydrogen-bond donors (Lipinski definition) is 1.